The first kappa shape index (κ1) is 13.4. The van der Waals surface area contributed by atoms with E-state index in [4.69, 9.17) is 5.73 Å². The van der Waals surface area contributed by atoms with Crippen molar-refractivity contribution in [3.05, 3.63) is 0 Å². The van der Waals surface area contributed by atoms with E-state index >= 15 is 0 Å². The molecule has 1 aliphatic heterocycles. The molecule has 0 radical (unpaired) electrons. The highest BCUT2D eigenvalue weighted by molar-refractivity contribution is 5.77. The minimum Gasteiger partial charge on any atom is -0.339 e. The lowest BCUT2D eigenvalue weighted by Gasteiger charge is -2.33. The van der Waals surface area contributed by atoms with Crippen molar-refractivity contribution in [2.45, 2.75) is 76.3 Å². The second-order valence-electron chi connectivity index (χ2n) is 6.98. The molecule has 0 aromatic rings. The summed E-state index contributed by atoms with van der Waals surface area (Å²) in [5, 5.41) is 0. The van der Waals surface area contributed by atoms with Crippen LogP contribution >= 0.6 is 0 Å². The smallest absolute Gasteiger partial charge is 0.223 e. The van der Waals surface area contributed by atoms with E-state index in [9.17, 15) is 4.79 Å². The van der Waals surface area contributed by atoms with Crippen molar-refractivity contribution < 1.29 is 4.79 Å². The molecular weight excluding hydrogens is 236 g/mol. The molecule has 0 bridgehead atoms. The Bertz CT molecular complexity index is 331. The van der Waals surface area contributed by atoms with Gasteiger partial charge in [0.1, 0.15) is 0 Å². The van der Waals surface area contributed by atoms with E-state index in [1.807, 2.05) is 0 Å². The van der Waals surface area contributed by atoms with Crippen LogP contribution in [0, 0.1) is 11.8 Å². The van der Waals surface area contributed by atoms with Crippen LogP contribution in [0.25, 0.3) is 0 Å². The van der Waals surface area contributed by atoms with Crippen LogP contribution in [0.1, 0.15) is 64.2 Å². The maximum atomic E-state index is 12.6. The maximum Gasteiger partial charge on any atom is 0.223 e. The third kappa shape index (κ3) is 2.96. The molecule has 2 aliphatic carbocycles. The standard InChI is InChI=1S/C16H28N2O/c17-14-6-3-4-12(10-14)11-16(19)18-9-8-13-5-1-2-7-15(13)18/h12-15H,1-11,17H2. The molecule has 0 aromatic carbocycles. The van der Waals surface area contributed by atoms with Crippen molar-refractivity contribution in [2.75, 3.05) is 6.54 Å². The summed E-state index contributed by atoms with van der Waals surface area (Å²) in [7, 11) is 0. The van der Waals surface area contributed by atoms with Gasteiger partial charge in [-0.3, -0.25) is 4.79 Å². The van der Waals surface area contributed by atoms with Crippen LogP contribution in [0.3, 0.4) is 0 Å². The minimum absolute atomic E-state index is 0.340. The molecule has 19 heavy (non-hydrogen) atoms. The van der Waals surface area contributed by atoms with Gasteiger partial charge in [-0.05, 0) is 50.4 Å². The van der Waals surface area contributed by atoms with Crippen LogP contribution in [0.4, 0.5) is 0 Å². The van der Waals surface area contributed by atoms with Gasteiger partial charge >= 0.3 is 0 Å². The normalized spacial score (nSPS) is 39.1. The van der Waals surface area contributed by atoms with E-state index in [-0.39, 0.29) is 0 Å². The van der Waals surface area contributed by atoms with Gasteiger partial charge in [-0.1, -0.05) is 19.3 Å². The van der Waals surface area contributed by atoms with Crippen LogP contribution in [-0.4, -0.2) is 29.4 Å². The first-order valence-electron chi connectivity index (χ1n) is 8.29. The van der Waals surface area contributed by atoms with Crippen molar-refractivity contribution in [2.24, 2.45) is 17.6 Å². The summed E-state index contributed by atoms with van der Waals surface area (Å²) < 4.78 is 0. The van der Waals surface area contributed by atoms with E-state index in [2.05, 4.69) is 4.90 Å². The molecule has 0 aromatic heterocycles. The molecule has 108 valence electrons. The number of nitrogens with two attached hydrogens (primary N) is 1. The van der Waals surface area contributed by atoms with Gasteiger partial charge in [-0.25, -0.2) is 0 Å². The van der Waals surface area contributed by atoms with Crippen LogP contribution in [0.15, 0.2) is 0 Å². The lowest BCUT2D eigenvalue weighted by Crippen LogP contribution is -2.40. The maximum absolute atomic E-state index is 12.6. The summed E-state index contributed by atoms with van der Waals surface area (Å²) >= 11 is 0. The highest BCUT2D eigenvalue weighted by Gasteiger charge is 2.38. The molecule has 4 atom stereocenters. The lowest BCUT2D eigenvalue weighted by molar-refractivity contribution is -0.134. The molecule has 3 rings (SSSR count). The Labute approximate surface area is 116 Å². The van der Waals surface area contributed by atoms with Gasteiger partial charge in [0.15, 0.2) is 0 Å². The minimum atomic E-state index is 0.340. The summed E-state index contributed by atoms with van der Waals surface area (Å²) in [6, 6.07) is 0.922. The number of carbonyl (C=O) groups excluding carboxylic acids is 1. The number of rotatable bonds is 2. The molecular formula is C16H28N2O. The quantitative estimate of drug-likeness (QED) is 0.833. The molecule has 2 saturated carbocycles. The third-order valence-corrected chi connectivity index (χ3v) is 5.62. The lowest BCUT2D eigenvalue weighted by atomic mass is 9.83. The number of carbonyl (C=O) groups is 1. The van der Waals surface area contributed by atoms with Crippen LogP contribution in [0.2, 0.25) is 0 Å². The summed E-state index contributed by atoms with van der Waals surface area (Å²) in [6.07, 6.45) is 11.9. The molecule has 3 aliphatic rings. The predicted octanol–water partition coefficient (Wildman–Crippen LogP) is 2.69. The predicted molar refractivity (Wildman–Crippen MR) is 76.6 cm³/mol. The largest absolute Gasteiger partial charge is 0.339 e. The highest BCUT2D eigenvalue weighted by atomic mass is 16.2. The Morgan fingerprint density at radius 1 is 1.05 bits per heavy atom. The van der Waals surface area contributed by atoms with Gasteiger partial charge in [0, 0.05) is 25.0 Å². The highest BCUT2D eigenvalue weighted by Crippen LogP contribution is 2.37. The number of hydrogen-bond donors (Lipinski definition) is 1. The van der Waals surface area contributed by atoms with Gasteiger partial charge < -0.3 is 10.6 Å². The zero-order chi connectivity index (χ0) is 13.2. The second kappa shape index (κ2) is 5.82. The molecule has 1 heterocycles. The van der Waals surface area contributed by atoms with Gasteiger partial charge in [0.2, 0.25) is 5.91 Å². The average Bonchev–Trinajstić information content (AvgIpc) is 2.82. The van der Waals surface area contributed by atoms with Gasteiger partial charge in [-0.2, -0.15) is 0 Å². The van der Waals surface area contributed by atoms with E-state index in [0.29, 0.717) is 23.9 Å². The molecule has 2 N–H and O–H groups in total. The van der Waals surface area contributed by atoms with Gasteiger partial charge in [0.25, 0.3) is 0 Å². The number of nitrogens with zero attached hydrogens (tertiary/aromatic N) is 1. The Hall–Kier alpha value is -0.570. The zero-order valence-electron chi connectivity index (χ0n) is 12.0. The molecule has 1 amide bonds. The van der Waals surface area contributed by atoms with Crippen molar-refractivity contribution in [1.82, 2.24) is 4.90 Å². The number of hydrogen-bond acceptors (Lipinski definition) is 2. The molecule has 0 spiro atoms. The van der Waals surface area contributed by atoms with Gasteiger partial charge in [-0.15, -0.1) is 0 Å². The van der Waals surface area contributed by atoms with Crippen molar-refractivity contribution in [3.8, 4) is 0 Å². The van der Waals surface area contributed by atoms with E-state index < -0.39 is 0 Å². The molecule has 3 heteroatoms. The molecule has 3 nitrogen and oxygen atoms in total. The first-order valence-corrected chi connectivity index (χ1v) is 8.29. The van der Waals surface area contributed by atoms with Crippen molar-refractivity contribution in [3.63, 3.8) is 0 Å². The van der Waals surface area contributed by atoms with Crippen LogP contribution < -0.4 is 5.73 Å². The van der Waals surface area contributed by atoms with Crippen LogP contribution in [-0.2, 0) is 4.79 Å². The first-order chi connectivity index (χ1) is 9.24. The summed E-state index contributed by atoms with van der Waals surface area (Å²) in [5.74, 6) is 1.79. The topological polar surface area (TPSA) is 46.3 Å². The third-order valence-electron chi connectivity index (χ3n) is 5.62. The van der Waals surface area contributed by atoms with Crippen LogP contribution in [0.5, 0.6) is 0 Å². The monoisotopic (exact) mass is 264 g/mol. The fourth-order valence-corrected chi connectivity index (χ4v) is 4.60. The summed E-state index contributed by atoms with van der Waals surface area (Å²) in [5.41, 5.74) is 6.04. The number of fused-ring (bicyclic) bond motifs is 1. The van der Waals surface area contributed by atoms with Gasteiger partial charge in [0.05, 0.1) is 0 Å². The molecule has 1 saturated heterocycles. The zero-order valence-corrected chi connectivity index (χ0v) is 12.0. The van der Waals surface area contributed by atoms with E-state index in [1.54, 1.807) is 0 Å². The van der Waals surface area contributed by atoms with Crippen molar-refractivity contribution >= 4 is 5.91 Å². The summed E-state index contributed by atoms with van der Waals surface area (Å²) in [6.45, 7) is 1.02. The van der Waals surface area contributed by atoms with E-state index in [0.717, 1.165) is 31.7 Å². The second-order valence-corrected chi connectivity index (χ2v) is 6.98. The van der Waals surface area contributed by atoms with E-state index in [1.165, 1.54) is 44.9 Å². The fourth-order valence-electron chi connectivity index (χ4n) is 4.60. The SMILES string of the molecule is NC1CCCC(CC(=O)N2CCC3CCCCC32)C1. The number of likely N-dealkylation sites (tertiary alicyclic amines) is 1. The Morgan fingerprint density at radius 2 is 1.89 bits per heavy atom. The Kier molecular flexibility index (Phi) is 4.11. The average molecular weight is 264 g/mol. The van der Waals surface area contributed by atoms with Crippen molar-refractivity contribution in [1.29, 1.82) is 0 Å². The Balaban J connectivity index is 1.55. The summed E-state index contributed by atoms with van der Waals surface area (Å²) in [4.78, 5) is 14.8. The number of amides is 1. The molecule has 4 unspecified atom stereocenters. The molecule has 3 fully saturated rings. The fraction of sp³-hybridized carbons (Fsp3) is 0.938. The Morgan fingerprint density at radius 3 is 2.74 bits per heavy atom.